The van der Waals surface area contributed by atoms with Gasteiger partial charge in [-0.2, -0.15) is 0 Å². The van der Waals surface area contributed by atoms with Gasteiger partial charge in [0, 0.05) is 12.6 Å². The van der Waals surface area contributed by atoms with Crippen LogP contribution in [0.15, 0.2) is 54.6 Å². The van der Waals surface area contributed by atoms with E-state index in [2.05, 4.69) is 5.32 Å². The molecule has 2 atom stereocenters. The molecule has 0 saturated carbocycles. The Morgan fingerprint density at radius 1 is 1.00 bits per heavy atom. The molecular formula is C26H37N3O5S. The van der Waals surface area contributed by atoms with Crippen LogP contribution in [0.4, 0.5) is 5.69 Å². The Bertz CT molecular complexity index is 1080. The molecule has 0 saturated heterocycles. The second kappa shape index (κ2) is 13.1. The molecule has 0 bridgehead atoms. The molecule has 2 rings (SSSR count). The maximum absolute atomic E-state index is 13.7. The highest BCUT2D eigenvalue weighted by atomic mass is 32.2. The second-order valence-electron chi connectivity index (χ2n) is 8.51. The summed E-state index contributed by atoms with van der Waals surface area (Å²) in [5.41, 5.74) is 1.29. The Labute approximate surface area is 209 Å². The molecule has 1 N–H and O–H groups in total. The zero-order chi connectivity index (χ0) is 26.0. The predicted octanol–water partition coefficient (Wildman–Crippen LogP) is 3.23. The zero-order valence-electron chi connectivity index (χ0n) is 21.2. The summed E-state index contributed by atoms with van der Waals surface area (Å²) in [6.45, 7) is 5.56. The van der Waals surface area contributed by atoms with Crippen LogP contribution in [0.5, 0.6) is 5.75 Å². The van der Waals surface area contributed by atoms with Gasteiger partial charge in [-0.25, -0.2) is 8.42 Å². The van der Waals surface area contributed by atoms with Crippen LogP contribution in [-0.2, 0) is 26.0 Å². The van der Waals surface area contributed by atoms with Crippen molar-refractivity contribution < 1.29 is 22.7 Å². The minimum atomic E-state index is -3.82. The lowest BCUT2D eigenvalue weighted by molar-refractivity contribution is -0.139. The van der Waals surface area contributed by atoms with Crippen LogP contribution in [0.2, 0.25) is 0 Å². The molecule has 0 heterocycles. The molecule has 35 heavy (non-hydrogen) atoms. The standard InChI is InChI=1S/C26H37N3O5S/c1-6-20(3)27-26(31)22(7-2)28(18-17-21-13-9-8-10-14-21)25(30)19-29(35(5,32)33)23-15-11-12-16-24(23)34-4/h8-16,20,22H,6-7,17-19H2,1-5H3,(H,27,31)/t20-,22+/m0/s1. The number of rotatable bonds is 13. The van der Waals surface area contributed by atoms with E-state index in [-0.39, 0.29) is 24.2 Å². The lowest BCUT2D eigenvalue weighted by Crippen LogP contribution is -2.54. The van der Waals surface area contributed by atoms with E-state index in [1.54, 1.807) is 24.3 Å². The number of amides is 2. The highest BCUT2D eigenvalue weighted by Crippen LogP contribution is 2.29. The molecule has 0 unspecified atom stereocenters. The average Bonchev–Trinajstić information content (AvgIpc) is 2.84. The van der Waals surface area contributed by atoms with Gasteiger partial charge < -0.3 is 15.0 Å². The first kappa shape index (κ1) is 28.2. The average molecular weight is 504 g/mol. The summed E-state index contributed by atoms with van der Waals surface area (Å²) in [5, 5.41) is 2.96. The van der Waals surface area contributed by atoms with Crippen molar-refractivity contribution >= 4 is 27.5 Å². The molecule has 9 heteroatoms. The summed E-state index contributed by atoms with van der Waals surface area (Å²) in [4.78, 5) is 28.2. The van der Waals surface area contributed by atoms with E-state index in [1.807, 2.05) is 51.1 Å². The Hall–Kier alpha value is -3.07. The normalized spacial score (nSPS) is 12.9. The maximum Gasteiger partial charge on any atom is 0.244 e. The number of hydrogen-bond donors (Lipinski definition) is 1. The van der Waals surface area contributed by atoms with Crippen LogP contribution in [-0.4, -0.2) is 63.7 Å². The number of nitrogens with zero attached hydrogens (tertiary/aromatic N) is 2. The van der Waals surface area contributed by atoms with Crippen molar-refractivity contribution in [1.82, 2.24) is 10.2 Å². The molecule has 8 nitrogen and oxygen atoms in total. The molecule has 0 aliphatic heterocycles. The fourth-order valence-corrected chi connectivity index (χ4v) is 4.62. The van der Waals surface area contributed by atoms with Crippen LogP contribution in [0.25, 0.3) is 0 Å². The first-order valence-corrected chi connectivity index (χ1v) is 13.7. The zero-order valence-corrected chi connectivity index (χ0v) is 22.0. The summed E-state index contributed by atoms with van der Waals surface area (Å²) in [6, 6.07) is 15.5. The molecule has 0 fully saturated rings. The van der Waals surface area contributed by atoms with Crippen LogP contribution in [0.1, 0.15) is 39.2 Å². The lowest BCUT2D eigenvalue weighted by Gasteiger charge is -2.33. The van der Waals surface area contributed by atoms with E-state index in [4.69, 9.17) is 4.74 Å². The van der Waals surface area contributed by atoms with Gasteiger partial charge in [-0.3, -0.25) is 13.9 Å². The smallest absolute Gasteiger partial charge is 0.244 e. The van der Waals surface area contributed by atoms with E-state index >= 15 is 0 Å². The van der Waals surface area contributed by atoms with Crippen LogP contribution in [0, 0.1) is 0 Å². The number of benzene rings is 2. The van der Waals surface area contributed by atoms with Crippen LogP contribution >= 0.6 is 0 Å². The van der Waals surface area contributed by atoms with Crippen LogP contribution in [0.3, 0.4) is 0 Å². The molecule has 0 spiro atoms. The third-order valence-corrected chi connectivity index (χ3v) is 7.03. The number of carbonyl (C=O) groups excluding carboxylic acids is 2. The van der Waals surface area contributed by atoms with Crippen molar-refractivity contribution in [2.75, 3.05) is 30.8 Å². The second-order valence-corrected chi connectivity index (χ2v) is 10.4. The Morgan fingerprint density at radius 3 is 2.20 bits per heavy atom. The van der Waals surface area contributed by atoms with Gasteiger partial charge in [-0.1, -0.05) is 56.3 Å². The lowest BCUT2D eigenvalue weighted by atomic mass is 10.1. The van der Waals surface area contributed by atoms with Gasteiger partial charge in [0.2, 0.25) is 21.8 Å². The number of methoxy groups -OCH3 is 1. The van der Waals surface area contributed by atoms with Crippen molar-refractivity contribution in [3.8, 4) is 5.75 Å². The molecular weight excluding hydrogens is 466 g/mol. The van der Waals surface area contributed by atoms with Gasteiger partial charge in [0.25, 0.3) is 0 Å². The Morgan fingerprint density at radius 2 is 1.63 bits per heavy atom. The van der Waals surface area contributed by atoms with Crippen molar-refractivity contribution in [1.29, 1.82) is 0 Å². The molecule has 2 amide bonds. The number of ether oxygens (including phenoxy) is 1. The highest BCUT2D eigenvalue weighted by molar-refractivity contribution is 7.92. The summed E-state index contributed by atoms with van der Waals surface area (Å²) >= 11 is 0. The number of nitrogens with one attached hydrogen (secondary N) is 1. The van der Waals surface area contributed by atoms with Crippen molar-refractivity contribution in [2.45, 2.75) is 52.1 Å². The summed E-state index contributed by atoms with van der Waals surface area (Å²) in [7, 11) is -2.37. The molecule has 0 aliphatic rings. The summed E-state index contributed by atoms with van der Waals surface area (Å²) in [6.07, 6.45) is 2.74. The maximum atomic E-state index is 13.7. The fraction of sp³-hybridized carbons (Fsp3) is 0.462. The number of para-hydroxylation sites is 2. The van der Waals surface area contributed by atoms with E-state index in [0.717, 1.165) is 22.5 Å². The summed E-state index contributed by atoms with van der Waals surface area (Å²) in [5.74, 6) is -0.363. The largest absolute Gasteiger partial charge is 0.495 e. The van der Waals surface area contributed by atoms with E-state index in [0.29, 0.717) is 18.6 Å². The van der Waals surface area contributed by atoms with E-state index in [1.165, 1.54) is 12.0 Å². The van der Waals surface area contributed by atoms with Crippen molar-refractivity contribution in [2.24, 2.45) is 0 Å². The third kappa shape index (κ3) is 7.99. The quantitative estimate of drug-likeness (QED) is 0.453. The monoisotopic (exact) mass is 503 g/mol. The molecule has 0 aromatic heterocycles. The predicted molar refractivity (Wildman–Crippen MR) is 139 cm³/mol. The Balaban J connectivity index is 2.40. The first-order chi connectivity index (χ1) is 16.6. The SMILES string of the molecule is CC[C@H](C(=O)N[C@@H](C)CC)N(CCc1ccccc1)C(=O)CN(c1ccccc1OC)S(C)(=O)=O. The van der Waals surface area contributed by atoms with Crippen molar-refractivity contribution in [3.63, 3.8) is 0 Å². The summed E-state index contributed by atoms with van der Waals surface area (Å²) < 4.78 is 31.8. The number of anilines is 1. The fourth-order valence-electron chi connectivity index (χ4n) is 3.77. The Kier molecular flexibility index (Phi) is 10.6. The van der Waals surface area contributed by atoms with E-state index in [9.17, 15) is 18.0 Å². The minimum Gasteiger partial charge on any atom is -0.495 e. The molecule has 2 aromatic carbocycles. The van der Waals surface area contributed by atoms with Gasteiger partial charge in [0.05, 0.1) is 19.1 Å². The number of sulfonamides is 1. The molecule has 0 aliphatic carbocycles. The van der Waals surface area contributed by atoms with Gasteiger partial charge in [0.15, 0.2) is 0 Å². The molecule has 0 radical (unpaired) electrons. The van der Waals surface area contributed by atoms with Gasteiger partial charge in [-0.15, -0.1) is 0 Å². The van der Waals surface area contributed by atoms with E-state index < -0.39 is 28.5 Å². The number of carbonyl (C=O) groups is 2. The van der Waals surface area contributed by atoms with Gasteiger partial charge in [-0.05, 0) is 43.9 Å². The third-order valence-electron chi connectivity index (χ3n) is 5.90. The van der Waals surface area contributed by atoms with Crippen molar-refractivity contribution in [3.05, 3.63) is 60.2 Å². The first-order valence-electron chi connectivity index (χ1n) is 11.9. The molecule has 2 aromatic rings. The van der Waals surface area contributed by atoms with Gasteiger partial charge in [0.1, 0.15) is 18.3 Å². The molecule has 192 valence electrons. The van der Waals surface area contributed by atoms with Crippen LogP contribution < -0.4 is 14.4 Å². The minimum absolute atomic E-state index is 0.0382. The topological polar surface area (TPSA) is 96.0 Å². The van der Waals surface area contributed by atoms with Gasteiger partial charge >= 0.3 is 0 Å². The number of hydrogen-bond acceptors (Lipinski definition) is 5. The highest BCUT2D eigenvalue weighted by Gasteiger charge is 2.32.